The molecule has 26 heavy (non-hydrogen) atoms. The molecule has 134 valence electrons. The van der Waals surface area contributed by atoms with E-state index in [9.17, 15) is 5.11 Å². The second-order valence-corrected chi connectivity index (χ2v) is 5.77. The normalized spacial score (nSPS) is 12.0. The van der Waals surface area contributed by atoms with Crippen LogP contribution in [0.5, 0.6) is 11.5 Å². The lowest BCUT2D eigenvalue weighted by atomic mass is 10.1. The van der Waals surface area contributed by atoms with Gasteiger partial charge in [-0.3, -0.25) is 0 Å². The topological polar surface area (TPSA) is 68.1 Å². The third-order valence-corrected chi connectivity index (χ3v) is 3.89. The van der Waals surface area contributed by atoms with Crippen LogP contribution >= 0.6 is 12.0 Å². The molecule has 0 saturated carbocycles. The van der Waals surface area contributed by atoms with Crippen molar-refractivity contribution in [2.24, 2.45) is 0 Å². The second kappa shape index (κ2) is 9.01. The van der Waals surface area contributed by atoms with Crippen molar-refractivity contribution in [2.75, 3.05) is 6.26 Å². The smallest absolute Gasteiger partial charge is 0.167 e. The van der Waals surface area contributed by atoms with Gasteiger partial charge in [0.1, 0.15) is 11.5 Å². The number of aromatic nitrogens is 3. The summed E-state index contributed by atoms with van der Waals surface area (Å²) in [5.41, 5.74) is 2.11. The van der Waals surface area contributed by atoms with Crippen LogP contribution in [0.4, 0.5) is 0 Å². The first-order chi connectivity index (χ1) is 12.5. The summed E-state index contributed by atoms with van der Waals surface area (Å²) >= 11 is 1.20. The summed E-state index contributed by atoms with van der Waals surface area (Å²) in [5.74, 6) is 1.95. The van der Waals surface area contributed by atoms with Gasteiger partial charge in [0.15, 0.2) is 17.5 Å². The van der Waals surface area contributed by atoms with Crippen LogP contribution in [-0.2, 0) is 0 Å². The van der Waals surface area contributed by atoms with Crippen molar-refractivity contribution in [3.05, 3.63) is 67.3 Å². The number of hydrogen-bond acceptors (Lipinski definition) is 6. The van der Waals surface area contributed by atoms with E-state index in [1.165, 1.54) is 18.1 Å². The van der Waals surface area contributed by atoms with Gasteiger partial charge in [-0.2, -0.15) is 0 Å². The fourth-order valence-corrected chi connectivity index (χ4v) is 2.54. The van der Waals surface area contributed by atoms with Crippen LogP contribution in [0.2, 0.25) is 0 Å². The van der Waals surface area contributed by atoms with E-state index in [2.05, 4.69) is 28.1 Å². The quantitative estimate of drug-likeness (QED) is 0.544. The Bertz CT molecular complexity index is 889. The van der Waals surface area contributed by atoms with Crippen molar-refractivity contribution in [3.8, 4) is 22.9 Å². The third-order valence-electron chi connectivity index (χ3n) is 3.53. The Kier molecular flexibility index (Phi) is 6.74. The lowest BCUT2D eigenvalue weighted by Gasteiger charge is -2.10. The van der Waals surface area contributed by atoms with Crippen LogP contribution in [0.1, 0.15) is 25.5 Å². The Morgan fingerprint density at radius 2 is 1.92 bits per heavy atom. The van der Waals surface area contributed by atoms with Crippen LogP contribution in [0.25, 0.3) is 22.5 Å². The molecule has 1 aromatic heterocycles. The number of rotatable bonds is 7. The van der Waals surface area contributed by atoms with Gasteiger partial charge in [0.25, 0.3) is 0 Å². The standard InChI is InChI=1S/C20H21N3O2S/c1-6-9-13(4)18-21-19(14(7-2)8-3)23-20(22-18)16-11-10-15(25-26-5)12-17(16)24/h6-12,24H,1-2H2,3-5H3/b13-9+,14-8+. The van der Waals surface area contributed by atoms with E-state index >= 15 is 0 Å². The number of allylic oxidation sites excluding steroid dienone is 6. The summed E-state index contributed by atoms with van der Waals surface area (Å²) in [6, 6.07) is 5.01. The minimum Gasteiger partial charge on any atom is -0.507 e. The van der Waals surface area contributed by atoms with Crippen LogP contribution in [0.3, 0.4) is 0 Å². The highest BCUT2D eigenvalue weighted by Gasteiger charge is 2.15. The molecule has 2 aromatic rings. The van der Waals surface area contributed by atoms with Crippen molar-refractivity contribution < 1.29 is 9.29 Å². The van der Waals surface area contributed by atoms with Crippen LogP contribution in [-0.4, -0.2) is 26.3 Å². The summed E-state index contributed by atoms with van der Waals surface area (Å²) in [6.45, 7) is 11.3. The minimum absolute atomic E-state index is 0.0330. The predicted molar refractivity (Wildman–Crippen MR) is 109 cm³/mol. The molecule has 5 nitrogen and oxygen atoms in total. The third kappa shape index (κ3) is 4.40. The Balaban J connectivity index is 2.66. The number of phenolic OH excluding ortho intramolecular Hbond substituents is 1. The van der Waals surface area contributed by atoms with Crippen molar-refractivity contribution in [2.45, 2.75) is 13.8 Å². The van der Waals surface area contributed by atoms with Gasteiger partial charge in [-0.15, -0.1) is 0 Å². The second-order valence-electron chi connectivity index (χ2n) is 5.27. The van der Waals surface area contributed by atoms with Gasteiger partial charge in [0.05, 0.1) is 17.6 Å². The zero-order valence-electron chi connectivity index (χ0n) is 15.1. The molecule has 0 unspecified atom stereocenters. The fraction of sp³-hybridized carbons (Fsp3) is 0.150. The van der Waals surface area contributed by atoms with Crippen LogP contribution in [0.15, 0.2) is 55.7 Å². The van der Waals surface area contributed by atoms with Crippen molar-refractivity contribution in [1.82, 2.24) is 15.0 Å². The van der Waals surface area contributed by atoms with Crippen molar-refractivity contribution in [3.63, 3.8) is 0 Å². The molecule has 1 N–H and O–H groups in total. The Hall–Kier alpha value is -2.86. The predicted octanol–water partition coefficient (Wildman–Crippen LogP) is 5.08. The summed E-state index contributed by atoms with van der Waals surface area (Å²) in [6.07, 6.45) is 8.86. The van der Waals surface area contributed by atoms with Crippen LogP contribution in [0, 0.1) is 0 Å². The molecule has 0 aliphatic carbocycles. The first-order valence-electron chi connectivity index (χ1n) is 7.93. The molecule has 0 atom stereocenters. The molecular weight excluding hydrogens is 346 g/mol. The highest BCUT2D eigenvalue weighted by atomic mass is 32.2. The van der Waals surface area contributed by atoms with Gasteiger partial charge in [-0.1, -0.05) is 37.5 Å². The number of hydrogen-bond donors (Lipinski definition) is 1. The lowest BCUT2D eigenvalue weighted by molar-refractivity contribution is 0.473. The molecule has 0 saturated heterocycles. The van der Waals surface area contributed by atoms with Gasteiger partial charge in [0, 0.05) is 17.9 Å². The number of benzene rings is 1. The number of nitrogens with zero attached hydrogens (tertiary/aromatic N) is 3. The Morgan fingerprint density at radius 3 is 2.50 bits per heavy atom. The van der Waals surface area contributed by atoms with E-state index < -0.39 is 0 Å². The van der Waals surface area contributed by atoms with E-state index in [4.69, 9.17) is 4.18 Å². The van der Waals surface area contributed by atoms with E-state index in [0.717, 1.165) is 11.1 Å². The molecule has 0 aliphatic heterocycles. The SMILES string of the molecule is C=C/C=C(\C)c1nc(/C(C=C)=C/C)nc(-c2ccc(OSC)cc2O)n1. The molecule has 0 radical (unpaired) electrons. The molecule has 1 heterocycles. The molecule has 0 bridgehead atoms. The van der Waals surface area contributed by atoms with Gasteiger partial charge in [-0.05, 0) is 31.6 Å². The summed E-state index contributed by atoms with van der Waals surface area (Å²) in [4.78, 5) is 13.5. The molecule has 2 rings (SSSR count). The first-order valence-corrected chi connectivity index (χ1v) is 9.08. The van der Waals surface area contributed by atoms with Crippen LogP contribution < -0.4 is 4.18 Å². The maximum absolute atomic E-state index is 10.4. The molecule has 0 amide bonds. The molecule has 0 aliphatic rings. The highest BCUT2D eigenvalue weighted by molar-refractivity contribution is 7.94. The van der Waals surface area contributed by atoms with Crippen molar-refractivity contribution in [1.29, 1.82) is 0 Å². The minimum atomic E-state index is 0.0330. The number of aromatic hydroxyl groups is 1. The average molecular weight is 367 g/mol. The van der Waals surface area contributed by atoms with E-state index in [1.54, 1.807) is 30.5 Å². The van der Waals surface area contributed by atoms with E-state index in [1.807, 2.05) is 26.0 Å². The zero-order valence-corrected chi connectivity index (χ0v) is 15.9. The maximum atomic E-state index is 10.4. The highest BCUT2D eigenvalue weighted by Crippen LogP contribution is 2.32. The Labute approximate surface area is 158 Å². The first kappa shape index (κ1) is 19.5. The van der Waals surface area contributed by atoms with Gasteiger partial charge < -0.3 is 9.29 Å². The van der Waals surface area contributed by atoms with Gasteiger partial charge in [0.2, 0.25) is 0 Å². The fourth-order valence-electron chi connectivity index (χ4n) is 2.24. The molecule has 6 heteroatoms. The average Bonchev–Trinajstić information content (AvgIpc) is 2.63. The monoisotopic (exact) mass is 367 g/mol. The molecule has 1 aromatic carbocycles. The summed E-state index contributed by atoms with van der Waals surface area (Å²) < 4.78 is 5.33. The molecule has 0 fully saturated rings. The summed E-state index contributed by atoms with van der Waals surface area (Å²) in [5, 5.41) is 10.4. The number of phenols is 1. The molecular formula is C20H21N3O2S. The van der Waals surface area contributed by atoms with E-state index in [-0.39, 0.29) is 5.75 Å². The van der Waals surface area contributed by atoms with E-state index in [0.29, 0.717) is 28.8 Å². The zero-order chi connectivity index (χ0) is 19.1. The summed E-state index contributed by atoms with van der Waals surface area (Å²) in [7, 11) is 0. The maximum Gasteiger partial charge on any atom is 0.167 e. The largest absolute Gasteiger partial charge is 0.507 e. The molecule has 0 spiro atoms. The lowest BCUT2D eigenvalue weighted by Crippen LogP contribution is -2.04. The van der Waals surface area contributed by atoms with Crippen molar-refractivity contribution >= 4 is 23.2 Å². The van der Waals surface area contributed by atoms with Gasteiger partial charge in [-0.25, -0.2) is 15.0 Å². The van der Waals surface area contributed by atoms with Gasteiger partial charge >= 0.3 is 0 Å². The Morgan fingerprint density at radius 1 is 1.19 bits per heavy atom.